The second kappa shape index (κ2) is 14.1. The van der Waals surface area contributed by atoms with Crippen molar-refractivity contribution in [3.63, 3.8) is 0 Å². The van der Waals surface area contributed by atoms with Gasteiger partial charge in [0, 0.05) is 22.2 Å². The summed E-state index contributed by atoms with van der Waals surface area (Å²) in [5, 5.41) is 17.7. The minimum Gasteiger partial charge on any atom is -0.481 e. The molecule has 242 valence electrons. The Morgan fingerprint density at radius 2 is 1.58 bits per heavy atom. The molecule has 2 N–H and O–H groups in total. The lowest BCUT2D eigenvalue weighted by atomic mass is 9.67. The van der Waals surface area contributed by atoms with Crippen molar-refractivity contribution in [3.8, 4) is 0 Å². The number of likely N-dealkylation sites (tertiary alicyclic amines) is 1. The second-order valence-electron chi connectivity index (χ2n) is 10.6. The quantitative estimate of drug-likeness (QED) is 0.244. The van der Waals surface area contributed by atoms with Gasteiger partial charge < -0.3 is 15.1 Å². The number of aliphatic carboxylic acids is 2. The predicted octanol–water partition coefficient (Wildman–Crippen LogP) is 8.25. The van der Waals surface area contributed by atoms with Crippen LogP contribution in [0.5, 0.6) is 0 Å². The third-order valence-corrected chi connectivity index (χ3v) is 7.65. The van der Waals surface area contributed by atoms with Crippen molar-refractivity contribution >= 4 is 41.0 Å². The Kier molecular flexibility index (Phi) is 11.1. The Hall–Kier alpha value is -3.84. The third kappa shape index (κ3) is 9.33. The van der Waals surface area contributed by atoms with Gasteiger partial charge in [-0.2, -0.15) is 26.3 Å². The molecule has 0 unspecified atom stereocenters. The number of carboxylic acid groups (broad SMARTS) is 2. The first-order chi connectivity index (χ1) is 20.8. The molecule has 0 bridgehead atoms. The molecule has 0 aliphatic carbocycles. The lowest BCUT2D eigenvalue weighted by Gasteiger charge is -2.51. The number of halogens is 8. The Bertz CT molecular complexity index is 1510. The normalized spacial score (nSPS) is 21.0. The van der Waals surface area contributed by atoms with Crippen LogP contribution in [-0.4, -0.2) is 50.3 Å². The SMILES string of the molecule is C[C@]1(CC(=O)O)C[C@H](c2cccc(Cl)c2)[C@@H](c2ccc(Cl)cc2)N([C@H](CC(F)(F)F)c2ccccn2)C1=O.O=C(O)C(F)(F)F. The largest absolute Gasteiger partial charge is 0.490 e. The molecule has 2 heterocycles. The maximum Gasteiger partial charge on any atom is 0.490 e. The number of nitrogens with zero attached hydrogens (tertiary/aromatic N) is 2. The van der Waals surface area contributed by atoms with E-state index in [4.69, 9.17) is 33.1 Å². The monoisotopic (exact) mass is 678 g/mol. The van der Waals surface area contributed by atoms with E-state index in [9.17, 15) is 41.0 Å². The summed E-state index contributed by atoms with van der Waals surface area (Å²) in [6, 6.07) is 15.6. The molecular formula is C30H26Cl2F6N2O5. The standard InChI is InChI=1S/C28H25Cl2F3N2O3.C2HF3O2/c1-27(16-24(36)37)14-21(18-5-4-6-20(30)13-18)25(17-8-10-19(29)11-9-17)35(26(27)38)23(15-28(31,32)33)22-7-2-3-12-34-22;3-2(4,5)1(6)7/h2-13,21,23,25H,14-16H2,1H3,(H,36,37);(H,6,7)/t21-,23-,25-,27-;/m1./s1. The summed E-state index contributed by atoms with van der Waals surface area (Å²) in [5.74, 6) is -5.23. The van der Waals surface area contributed by atoms with Crippen LogP contribution in [-0.2, 0) is 14.4 Å². The van der Waals surface area contributed by atoms with Gasteiger partial charge in [0.15, 0.2) is 0 Å². The lowest BCUT2D eigenvalue weighted by Crippen LogP contribution is -2.54. The average Bonchev–Trinajstić information content (AvgIpc) is 2.93. The first-order valence-electron chi connectivity index (χ1n) is 13.2. The summed E-state index contributed by atoms with van der Waals surface area (Å²) in [4.78, 5) is 40.3. The van der Waals surface area contributed by atoms with E-state index in [-0.39, 0.29) is 12.1 Å². The molecule has 1 fully saturated rings. The number of piperidine rings is 1. The van der Waals surface area contributed by atoms with Crippen LogP contribution in [0.2, 0.25) is 10.0 Å². The van der Waals surface area contributed by atoms with Crippen molar-refractivity contribution < 1.29 is 50.9 Å². The number of amides is 1. The topological polar surface area (TPSA) is 108 Å². The Morgan fingerprint density at radius 1 is 0.956 bits per heavy atom. The van der Waals surface area contributed by atoms with Gasteiger partial charge in [-0.25, -0.2) is 4.79 Å². The molecule has 4 rings (SSSR count). The van der Waals surface area contributed by atoms with E-state index in [2.05, 4.69) is 4.98 Å². The van der Waals surface area contributed by atoms with Crippen LogP contribution < -0.4 is 0 Å². The van der Waals surface area contributed by atoms with Gasteiger partial charge in [0.25, 0.3) is 0 Å². The zero-order chi connectivity index (χ0) is 33.7. The minimum absolute atomic E-state index is 0.0570. The van der Waals surface area contributed by atoms with Crippen LogP contribution in [0.15, 0.2) is 72.9 Å². The highest BCUT2D eigenvalue weighted by Gasteiger charge is 2.54. The maximum atomic E-state index is 14.2. The van der Waals surface area contributed by atoms with E-state index < -0.39 is 66.5 Å². The zero-order valence-electron chi connectivity index (χ0n) is 23.3. The smallest absolute Gasteiger partial charge is 0.481 e. The van der Waals surface area contributed by atoms with Gasteiger partial charge in [0.1, 0.15) is 0 Å². The van der Waals surface area contributed by atoms with Crippen LogP contribution in [0.4, 0.5) is 26.3 Å². The number of hydrogen-bond donors (Lipinski definition) is 2. The van der Waals surface area contributed by atoms with Crippen LogP contribution in [0.3, 0.4) is 0 Å². The van der Waals surface area contributed by atoms with E-state index in [1.165, 1.54) is 24.1 Å². The zero-order valence-corrected chi connectivity index (χ0v) is 24.8. The summed E-state index contributed by atoms with van der Waals surface area (Å²) < 4.78 is 73.8. The van der Waals surface area contributed by atoms with Crippen molar-refractivity contribution in [2.24, 2.45) is 5.41 Å². The van der Waals surface area contributed by atoms with Gasteiger partial charge >= 0.3 is 24.3 Å². The highest BCUT2D eigenvalue weighted by Crippen LogP contribution is 2.54. The fraction of sp³-hybridized carbons (Fsp3) is 0.333. The van der Waals surface area contributed by atoms with E-state index in [1.807, 2.05) is 0 Å². The summed E-state index contributed by atoms with van der Waals surface area (Å²) in [7, 11) is 0. The minimum atomic E-state index is -5.08. The van der Waals surface area contributed by atoms with Crippen molar-refractivity contribution in [1.29, 1.82) is 0 Å². The van der Waals surface area contributed by atoms with Gasteiger partial charge in [-0.05, 0) is 53.9 Å². The highest BCUT2D eigenvalue weighted by atomic mass is 35.5. The molecule has 3 aromatic rings. The molecule has 1 aromatic heterocycles. The number of carboxylic acids is 2. The molecular weight excluding hydrogens is 653 g/mol. The molecule has 45 heavy (non-hydrogen) atoms. The molecule has 1 aliphatic rings. The fourth-order valence-corrected chi connectivity index (χ4v) is 5.69. The molecule has 1 amide bonds. The Morgan fingerprint density at radius 3 is 2.07 bits per heavy atom. The molecule has 1 aliphatic heterocycles. The molecule has 0 radical (unpaired) electrons. The number of carbonyl (C=O) groups excluding carboxylic acids is 1. The summed E-state index contributed by atoms with van der Waals surface area (Å²) in [5.41, 5.74) is -0.187. The van der Waals surface area contributed by atoms with E-state index in [0.717, 1.165) is 0 Å². The summed E-state index contributed by atoms with van der Waals surface area (Å²) in [6.45, 7) is 1.50. The molecule has 0 saturated carbocycles. The lowest BCUT2D eigenvalue weighted by molar-refractivity contribution is -0.192. The molecule has 1 saturated heterocycles. The Labute approximate surface area is 263 Å². The number of benzene rings is 2. The first-order valence-corrected chi connectivity index (χ1v) is 13.9. The fourth-order valence-electron chi connectivity index (χ4n) is 5.36. The van der Waals surface area contributed by atoms with Crippen LogP contribution in [0.25, 0.3) is 0 Å². The summed E-state index contributed by atoms with van der Waals surface area (Å²) in [6.07, 6.45) is -10.2. The first kappa shape index (κ1) is 35.6. The van der Waals surface area contributed by atoms with Gasteiger partial charge in [0.05, 0.1) is 36.0 Å². The summed E-state index contributed by atoms with van der Waals surface area (Å²) >= 11 is 12.4. The van der Waals surface area contributed by atoms with Crippen molar-refractivity contribution in [1.82, 2.24) is 9.88 Å². The van der Waals surface area contributed by atoms with Gasteiger partial charge in [0.2, 0.25) is 5.91 Å². The molecule has 0 spiro atoms. The second-order valence-corrected chi connectivity index (χ2v) is 11.5. The van der Waals surface area contributed by atoms with Crippen LogP contribution >= 0.6 is 23.2 Å². The van der Waals surface area contributed by atoms with Gasteiger partial charge in [-0.3, -0.25) is 14.6 Å². The number of pyridine rings is 1. The molecule has 2 aromatic carbocycles. The van der Waals surface area contributed by atoms with Crippen molar-refractivity contribution in [2.75, 3.05) is 0 Å². The Balaban J connectivity index is 0.000000707. The van der Waals surface area contributed by atoms with E-state index in [1.54, 1.807) is 60.7 Å². The number of alkyl halides is 6. The van der Waals surface area contributed by atoms with E-state index >= 15 is 0 Å². The number of rotatable bonds is 7. The van der Waals surface area contributed by atoms with E-state index in [0.29, 0.717) is 21.2 Å². The van der Waals surface area contributed by atoms with Gasteiger partial charge in [-0.1, -0.05) is 60.5 Å². The van der Waals surface area contributed by atoms with Crippen LogP contribution in [0.1, 0.15) is 61.0 Å². The molecule has 15 heteroatoms. The average molecular weight is 679 g/mol. The molecule has 7 nitrogen and oxygen atoms in total. The van der Waals surface area contributed by atoms with Gasteiger partial charge in [-0.15, -0.1) is 0 Å². The number of carbonyl (C=O) groups is 3. The van der Waals surface area contributed by atoms with Crippen LogP contribution in [0, 0.1) is 5.41 Å². The third-order valence-electron chi connectivity index (χ3n) is 7.16. The number of hydrogen-bond acceptors (Lipinski definition) is 4. The predicted molar refractivity (Wildman–Crippen MR) is 152 cm³/mol. The maximum absolute atomic E-state index is 14.2. The van der Waals surface area contributed by atoms with Crippen molar-refractivity contribution in [2.45, 2.75) is 56.5 Å². The number of aromatic nitrogens is 1. The highest BCUT2D eigenvalue weighted by molar-refractivity contribution is 6.30. The van der Waals surface area contributed by atoms with Crippen molar-refractivity contribution in [3.05, 3.63) is 99.8 Å². The molecule has 4 atom stereocenters.